The van der Waals surface area contributed by atoms with Crippen LogP contribution in [0.5, 0.6) is 0 Å². The van der Waals surface area contributed by atoms with Gasteiger partial charge in [0, 0.05) is 19.6 Å². The molecule has 2 N–H and O–H groups in total. The van der Waals surface area contributed by atoms with Gasteiger partial charge in [0.1, 0.15) is 0 Å². The number of hydrogen-bond donors (Lipinski definition) is 2. The second-order valence-corrected chi connectivity index (χ2v) is 9.15. The number of amides is 2. The van der Waals surface area contributed by atoms with Gasteiger partial charge in [-0.3, -0.25) is 4.79 Å². The highest BCUT2D eigenvalue weighted by Crippen LogP contribution is 2.48. The molecule has 0 aromatic heterocycles. The van der Waals surface area contributed by atoms with Crippen molar-refractivity contribution in [1.82, 2.24) is 10.2 Å². The third kappa shape index (κ3) is 2.47. The number of nitrogens with zero attached hydrogens (tertiary/aromatic N) is 1. The predicted molar refractivity (Wildman–Crippen MR) is 79.2 cm³/mol. The quantitative estimate of drug-likeness (QED) is 0.782. The van der Waals surface area contributed by atoms with Gasteiger partial charge in [-0.2, -0.15) is 0 Å². The summed E-state index contributed by atoms with van der Waals surface area (Å²) < 4.78 is 23.5. The molecule has 7 nitrogen and oxygen atoms in total. The van der Waals surface area contributed by atoms with Crippen LogP contribution in [-0.4, -0.2) is 61.1 Å². The normalized spacial score (nSPS) is 36.3. The van der Waals surface area contributed by atoms with E-state index in [9.17, 15) is 23.1 Å². The zero-order valence-corrected chi connectivity index (χ0v) is 13.3. The van der Waals surface area contributed by atoms with E-state index < -0.39 is 26.5 Å². The highest BCUT2D eigenvalue weighted by Gasteiger charge is 2.55. The molecule has 0 radical (unpaired) electrons. The van der Waals surface area contributed by atoms with E-state index in [4.69, 9.17) is 0 Å². The fourth-order valence-electron chi connectivity index (χ4n) is 4.19. The maximum atomic E-state index is 12.2. The van der Waals surface area contributed by atoms with Crippen molar-refractivity contribution in [2.24, 2.45) is 11.3 Å². The summed E-state index contributed by atoms with van der Waals surface area (Å²) in [6, 6.07) is -0.336. The summed E-state index contributed by atoms with van der Waals surface area (Å²) in [6.45, 7) is 0.814. The Morgan fingerprint density at radius 3 is 2.64 bits per heavy atom. The minimum Gasteiger partial charge on any atom is -0.481 e. The Balaban J connectivity index is 1.59. The van der Waals surface area contributed by atoms with Gasteiger partial charge in [-0.15, -0.1) is 0 Å². The number of likely N-dealkylation sites (tertiary alicyclic amines) is 1. The van der Waals surface area contributed by atoms with E-state index in [2.05, 4.69) is 5.32 Å². The highest BCUT2D eigenvalue weighted by atomic mass is 32.2. The number of carbonyl (C=O) groups excluding carboxylic acids is 1. The Morgan fingerprint density at radius 1 is 1.27 bits per heavy atom. The molecule has 0 bridgehead atoms. The maximum absolute atomic E-state index is 12.2. The molecule has 2 aliphatic heterocycles. The first-order chi connectivity index (χ1) is 10.3. The largest absolute Gasteiger partial charge is 0.481 e. The van der Waals surface area contributed by atoms with Crippen molar-refractivity contribution in [2.45, 2.75) is 37.4 Å². The third-order valence-electron chi connectivity index (χ3n) is 5.53. The summed E-state index contributed by atoms with van der Waals surface area (Å²) in [4.78, 5) is 25.4. The lowest BCUT2D eigenvalue weighted by atomic mass is 9.81. The van der Waals surface area contributed by atoms with Crippen LogP contribution < -0.4 is 5.32 Å². The molecule has 3 rings (SSSR count). The number of fused-ring (bicyclic) bond motifs is 1. The number of carboxylic acids is 1. The van der Waals surface area contributed by atoms with Crippen LogP contribution in [0.4, 0.5) is 4.79 Å². The number of aliphatic carboxylic acids is 1. The highest BCUT2D eigenvalue weighted by molar-refractivity contribution is 7.92. The summed E-state index contributed by atoms with van der Waals surface area (Å²) in [6.07, 6.45) is 3.59. The van der Waals surface area contributed by atoms with E-state index in [0.29, 0.717) is 25.8 Å². The molecular formula is C14H22N2O5S. The second kappa shape index (κ2) is 5.40. The SMILES string of the molecule is O=C(NCC1CCCS1(=O)=O)N1C[C@@H]2CCC[C@@]2(C(=O)O)C1. The van der Waals surface area contributed by atoms with Gasteiger partial charge in [0.25, 0.3) is 0 Å². The number of rotatable bonds is 3. The first-order valence-electron chi connectivity index (χ1n) is 7.83. The lowest BCUT2D eigenvalue weighted by Crippen LogP contribution is -2.44. The lowest BCUT2D eigenvalue weighted by molar-refractivity contribution is -0.149. The van der Waals surface area contributed by atoms with Crippen LogP contribution >= 0.6 is 0 Å². The zero-order chi connectivity index (χ0) is 16.0. The Bertz CT molecular complexity index is 590. The van der Waals surface area contributed by atoms with Gasteiger partial charge in [-0.05, 0) is 31.6 Å². The van der Waals surface area contributed by atoms with Crippen LogP contribution in [0.1, 0.15) is 32.1 Å². The molecule has 0 spiro atoms. The van der Waals surface area contributed by atoms with E-state index in [1.165, 1.54) is 0 Å². The molecule has 2 amide bonds. The van der Waals surface area contributed by atoms with Gasteiger partial charge >= 0.3 is 12.0 Å². The van der Waals surface area contributed by atoms with Crippen molar-refractivity contribution in [1.29, 1.82) is 0 Å². The molecule has 124 valence electrons. The van der Waals surface area contributed by atoms with Crippen molar-refractivity contribution in [3.63, 3.8) is 0 Å². The molecule has 0 aromatic carbocycles. The van der Waals surface area contributed by atoms with Crippen molar-refractivity contribution >= 4 is 21.8 Å². The molecular weight excluding hydrogens is 308 g/mol. The summed E-state index contributed by atoms with van der Waals surface area (Å²) in [5.74, 6) is -0.601. The van der Waals surface area contributed by atoms with Crippen molar-refractivity contribution in [3.8, 4) is 0 Å². The van der Waals surface area contributed by atoms with Crippen LogP contribution in [0.3, 0.4) is 0 Å². The van der Waals surface area contributed by atoms with Crippen LogP contribution in [0.25, 0.3) is 0 Å². The van der Waals surface area contributed by atoms with Gasteiger partial charge in [-0.25, -0.2) is 13.2 Å². The summed E-state index contributed by atoms with van der Waals surface area (Å²) in [5.41, 5.74) is -0.795. The van der Waals surface area contributed by atoms with Gasteiger partial charge in [0.15, 0.2) is 9.84 Å². The Hall–Kier alpha value is -1.31. The minimum absolute atomic E-state index is 0.0194. The minimum atomic E-state index is -3.07. The standard InChI is InChI=1S/C14H22N2O5S/c17-12(18)14-5-1-3-10(14)8-16(9-14)13(19)15-7-11-4-2-6-22(11,20)21/h10-11H,1-9H2,(H,15,19)(H,17,18)/t10-,11?,14+/m0/s1. The molecule has 3 fully saturated rings. The van der Waals surface area contributed by atoms with E-state index in [0.717, 1.165) is 12.8 Å². The molecule has 1 saturated carbocycles. The van der Waals surface area contributed by atoms with Gasteiger partial charge in [0.2, 0.25) is 0 Å². The Labute approximate surface area is 130 Å². The monoisotopic (exact) mass is 330 g/mol. The van der Waals surface area contributed by atoms with Gasteiger partial charge in [-0.1, -0.05) is 6.42 Å². The fraction of sp³-hybridized carbons (Fsp3) is 0.857. The number of urea groups is 1. The summed E-state index contributed by atoms with van der Waals surface area (Å²) in [5, 5.41) is 11.7. The third-order valence-corrected chi connectivity index (χ3v) is 7.80. The van der Waals surface area contributed by atoms with Crippen LogP contribution in [0.2, 0.25) is 0 Å². The van der Waals surface area contributed by atoms with Crippen LogP contribution in [-0.2, 0) is 14.6 Å². The van der Waals surface area contributed by atoms with E-state index in [1.54, 1.807) is 4.90 Å². The molecule has 0 aromatic rings. The molecule has 8 heteroatoms. The average Bonchev–Trinajstić information content (AvgIpc) is 3.07. The molecule has 1 aliphatic carbocycles. The average molecular weight is 330 g/mol. The molecule has 3 atom stereocenters. The molecule has 3 aliphatic rings. The molecule has 22 heavy (non-hydrogen) atoms. The van der Waals surface area contributed by atoms with E-state index >= 15 is 0 Å². The number of carbonyl (C=O) groups is 2. The number of hydrogen-bond acceptors (Lipinski definition) is 4. The first-order valence-corrected chi connectivity index (χ1v) is 9.54. The van der Waals surface area contributed by atoms with Gasteiger partial charge < -0.3 is 15.3 Å². The van der Waals surface area contributed by atoms with Crippen molar-refractivity contribution in [2.75, 3.05) is 25.4 Å². The molecule has 1 unspecified atom stereocenters. The lowest BCUT2D eigenvalue weighted by Gasteiger charge is -2.23. The Morgan fingerprint density at radius 2 is 2.05 bits per heavy atom. The number of sulfone groups is 1. The van der Waals surface area contributed by atoms with Gasteiger partial charge in [0.05, 0.1) is 16.4 Å². The Kier molecular flexibility index (Phi) is 3.82. The maximum Gasteiger partial charge on any atom is 0.317 e. The van der Waals surface area contributed by atoms with Crippen molar-refractivity contribution in [3.05, 3.63) is 0 Å². The number of carboxylic acid groups (broad SMARTS) is 1. The molecule has 2 heterocycles. The van der Waals surface area contributed by atoms with E-state index in [1.807, 2.05) is 0 Å². The first kappa shape index (κ1) is 15.6. The summed E-state index contributed by atoms with van der Waals surface area (Å²) >= 11 is 0. The van der Waals surface area contributed by atoms with Crippen LogP contribution in [0.15, 0.2) is 0 Å². The van der Waals surface area contributed by atoms with E-state index in [-0.39, 0.29) is 30.8 Å². The predicted octanol–water partition coefficient (Wildman–Crippen LogP) is 0.460. The van der Waals surface area contributed by atoms with Crippen LogP contribution in [0, 0.1) is 11.3 Å². The van der Waals surface area contributed by atoms with Crippen molar-refractivity contribution < 1.29 is 23.1 Å². The fourth-order valence-corrected chi connectivity index (χ4v) is 5.96. The smallest absolute Gasteiger partial charge is 0.317 e. The second-order valence-electron chi connectivity index (χ2n) is 6.75. The topological polar surface area (TPSA) is 104 Å². The number of nitrogens with one attached hydrogen (secondary N) is 1. The molecule has 2 saturated heterocycles. The summed E-state index contributed by atoms with van der Waals surface area (Å²) in [7, 11) is -3.07. The zero-order valence-electron chi connectivity index (χ0n) is 12.5.